The van der Waals surface area contributed by atoms with E-state index in [0.29, 0.717) is 5.56 Å². The molecule has 5 aromatic carbocycles. The molecule has 0 atom stereocenters. The first-order chi connectivity index (χ1) is 16.7. The van der Waals surface area contributed by atoms with Gasteiger partial charge in [0.25, 0.3) is 5.69 Å². The summed E-state index contributed by atoms with van der Waals surface area (Å²) in [6, 6.07) is 36.5. The molecule has 0 spiro atoms. The number of nitro groups is 1. The Hall–Kier alpha value is -4.70. The van der Waals surface area contributed by atoms with E-state index in [-0.39, 0.29) is 10.6 Å². The first-order valence-electron chi connectivity index (χ1n) is 11.2. The van der Waals surface area contributed by atoms with E-state index in [1.807, 2.05) is 30.3 Å². The van der Waals surface area contributed by atoms with Gasteiger partial charge in [0.05, 0.1) is 27.0 Å². The van der Waals surface area contributed by atoms with Crippen LogP contribution in [-0.2, 0) is 0 Å². The standard InChI is InChI=1S/C30H18N2O2/c33-32(34)27-14-5-4-10-21(27)22-11-7-15-28-29(22)24-13-6-12-23-25-18-20(19-8-2-1-3-9-19)16-17-26(25)31(28)30(23)24/h1-18H. The van der Waals surface area contributed by atoms with Crippen LogP contribution < -0.4 is 0 Å². The Morgan fingerprint density at radius 1 is 0.588 bits per heavy atom. The second kappa shape index (κ2) is 6.90. The Bertz CT molecular complexity index is 1880. The summed E-state index contributed by atoms with van der Waals surface area (Å²) in [7, 11) is 0. The van der Waals surface area contributed by atoms with Gasteiger partial charge in [-0.05, 0) is 41.0 Å². The maximum Gasteiger partial charge on any atom is 0.277 e. The van der Waals surface area contributed by atoms with Gasteiger partial charge in [-0.2, -0.15) is 0 Å². The molecule has 34 heavy (non-hydrogen) atoms. The molecule has 4 nitrogen and oxygen atoms in total. The fourth-order valence-electron chi connectivity index (χ4n) is 5.43. The summed E-state index contributed by atoms with van der Waals surface area (Å²) in [4.78, 5) is 11.5. The molecule has 0 fully saturated rings. The number of hydrogen-bond donors (Lipinski definition) is 0. The Morgan fingerprint density at radius 3 is 2.18 bits per heavy atom. The van der Waals surface area contributed by atoms with Crippen molar-refractivity contribution in [2.75, 3.05) is 0 Å². The van der Waals surface area contributed by atoms with Crippen LogP contribution in [0.15, 0.2) is 109 Å². The number of hydrogen-bond acceptors (Lipinski definition) is 2. The number of para-hydroxylation sites is 2. The Kier molecular flexibility index (Phi) is 3.82. The van der Waals surface area contributed by atoms with Crippen LogP contribution in [0.4, 0.5) is 5.69 Å². The van der Waals surface area contributed by atoms with Crippen LogP contribution >= 0.6 is 0 Å². The monoisotopic (exact) mass is 438 g/mol. The number of nitro benzene ring substituents is 1. The lowest BCUT2D eigenvalue weighted by molar-refractivity contribution is -0.384. The number of fused-ring (bicyclic) bond motifs is 6. The maximum atomic E-state index is 11.8. The van der Waals surface area contributed by atoms with E-state index in [9.17, 15) is 10.1 Å². The third-order valence-corrected chi connectivity index (χ3v) is 6.84. The lowest BCUT2D eigenvalue weighted by Crippen LogP contribution is -1.92. The average Bonchev–Trinajstić information content (AvgIpc) is 3.41. The molecule has 0 radical (unpaired) electrons. The van der Waals surface area contributed by atoms with Gasteiger partial charge in [0.15, 0.2) is 0 Å². The predicted octanol–water partition coefficient (Wildman–Crippen LogP) is 8.08. The molecule has 0 aliphatic rings. The van der Waals surface area contributed by atoms with Crippen molar-refractivity contribution in [3.8, 4) is 22.3 Å². The second-order valence-corrected chi connectivity index (χ2v) is 8.61. The van der Waals surface area contributed by atoms with Crippen molar-refractivity contribution >= 4 is 43.8 Å². The Labute approximate surface area is 194 Å². The smallest absolute Gasteiger partial charge is 0.277 e. The van der Waals surface area contributed by atoms with E-state index in [4.69, 9.17) is 0 Å². The van der Waals surface area contributed by atoms with E-state index in [1.165, 1.54) is 21.9 Å². The van der Waals surface area contributed by atoms with Crippen molar-refractivity contribution in [3.05, 3.63) is 119 Å². The van der Waals surface area contributed by atoms with Crippen LogP contribution in [0.2, 0.25) is 0 Å². The molecule has 0 amide bonds. The molecule has 0 aliphatic carbocycles. The summed E-state index contributed by atoms with van der Waals surface area (Å²) in [5.41, 5.74) is 7.38. The van der Waals surface area contributed by atoms with Gasteiger partial charge >= 0.3 is 0 Å². The largest absolute Gasteiger partial charge is 0.308 e. The van der Waals surface area contributed by atoms with Gasteiger partial charge in [-0.1, -0.05) is 78.9 Å². The molecule has 0 N–H and O–H groups in total. The van der Waals surface area contributed by atoms with Gasteiger partial charge < -0.3 is 4.40 Å². The number of benzene rings is 5. The number of nitrogens with zero attached hydrogens (tertiary/aromatic N) is 2. The van der Waals surface area contributed by atoms with E-state index in [1.54, 1.807) is 12.1 Å². The highest BCUT2D eigenvalue weighted by atomic mass is 16.6. The lowest BCUT2D eigenvalue weighted by Gasteiger charge is -2.07. The van der Waals surface area contributed by atoms with Crippen molar-refractivity contribution in [2.24, 2.45) is 0 Å². The lowest BCUT2D eigenvalue weighted by atomic mass is 9.97. The minimum Gasteiger partial charge on any atom is -0.308 e. The Balaban J connectivity index is 1.61. The molecule has 2 aromatic heterocycles. The van der Waals surface area contributed by atoms with Crippen molar-refractivity contribution in [3.63, 3.8) is 0 Å². The zero-order valence-corrected chi connectivity index (χ0v) is 18.1. The van der Waals surface area contributed by atoms with Gasteiger partial charge in [0.2, 0.25) is 0 Å². The molecule has 7 aromatic rings. The third-order valence-electron chi connectivity index (χ3n) is 6.84. The van der Waals surface area contributed by atoms with E-state index in [2.05, 4.69) is 71.1 Å². The molecular weight excluding hydrogens is 420 g/mol. The molecule has 7 rings (SSSR count). The Morgan fingerprint density at radius 2 is 1.32 bits per heavy atom. The molecule has 0 unspecified atom stereocenters. The zero-order valence-electron chi connectivity index (χ0n) is 18.1. The second-order valence-electron chi connectivity index (χ2n) is 8.61. The summed E-state index contributed by atoms with van der Waals surface area (Å²) >= 11 is 0. The molecule has 4 heteroatoms. The molecule has 0 bridgehead atoms. The fourth-order valence-corrected chi connectivity index (χ4v) is 5.43. The minimum atomic E-state index is -0.301. The topological polar surface area (TPSA) is 47.5 Å². The quantitative estimate of drug-likeness (QED) is 0.207. The summed E-state index contributed by atoms with van der Waals surface area (Å²) < 4.78 is 2.31. The predicted molar refractivity (Wildman–Crippen MR) is 139 cm³/mol. The highest BCUT2D eigenvalue weighted by Crippen LogP contribution is 2.44. The zero-order chi connectivity index (χ0) is 22.8. The third kappa shape index (κ3) is 2.48. The van der Waals surface area contributed by atoms with Crippen molar-refractivity contribution in [2.45, 2.75) is 0 Å². The summed E-state index contributed by atoms with van der Waals surface area (Å²) in [6.07, 6.45) is 0. The van der Waals surface area contributed by atoms with Gasteiger partial charge in [-0.15, -0.1) is 0 Å². The van der Waals surface area contributed by atoms with Crippen LogP contribution in [0, 0.1) is 10.1 Å². The van der Waals surface area contributed by atoms with E-state index in [0.717, 1.165) is 32.9 Å². The van der Waals surface area contributed by atoms with E-state index >= 15 is 0 Å². The van der Waals surface area contributed by atoms with Crippen LogP contribution in [-0.4, -0.2) is 9.32 Å². The van der Waals surface area contributed by atoms with Crippen LogP contribution in [0.1, 0.15) is 0 Å². The van der Waals surface area contributed by atoms with Crippen LogP contribution in [0.5, 0.6) is 0 Å². The van der Waals surface area contributed by atoms with Crippen LogP contribution in [0.25, 0.3) is 60.3 Å². The fraction of sp³-hybridized carbons (Fsp3) is 0. The average molecular weight is 438 g/mol. The summed E-state index contributed by atoms with van der Waals surface area (Å²) in [5.74, 6) is 0. The molecule has 2 heterocycles. The SMILES string of the molecule is O=[N+]([O-])c1ccccc1-c1cccc2c1c1cccc3c4cc(-c5ccccc5)ccc4n2c31. The number of aromatic nitrogens is 1. The van der Waals surface area contributed by atoms with Gasteiger partial charge in [0.1, 0.15) is 0 Å². The molecular formula is C30H18N2O2. The first kappa shape index (κ1) is 18.8. The van der Waals surface area contributed by atoms with Crippen molar-refractivity contribution < 1.29 is 4.92 Å². The summed E-state index contributed by atoms with van der Waals surface area (Å²) in [6.45, 7) is 0. The first-order valence-corrected chi connectivity index (χ1v) is 11.2. The van der Waals surface area contributed by atoms with Gasteiger partial charge in [0, 0.05) is 27.6 Å². The molecule has 160 valence electrons. The highest BCUT2D eigenvalue weighted by Gasteiger charge is 2.22. The summed E-state index contributed by atoms with van der Waals surface area (Å²) in [5, 5.41) is 16.3. The van der Waals surface area contributed by atoms with Crippen LogP contribution in [0.3, 0.4) is 0 Å². The van der Waals surface area contributed by atoms with Crippen molar-refractivity contribution in [1.82, 2.24) is 4.40 Å². The molecule has 0 aliphatic heterocycles. The minimum absolute atomic E-state index is 0.122. The van der Waals surface area contributed by atoms with Gasteiger partial charge in [-0.3, -0.25) is 10.1 Å². The van der Waals surface area contributed by atoms with Crippen molar-refractivity contribution in [1.29, 1.82) is 0 Å². The number of rotatable bonds is 3. The maximum absolute atomic E-state index is 11.8. The molecule has 0 saturated heterocycles. The van der Waals surface area contributed by atoms with E-state index < -0.39 is 0 Å². The normalized spacial score (nSPS) is 11.8. The molecule has 0 saturated carbocycles. The van der Waals surface area contributed by atoms with Gasteiger partial charge in [-0.25, -0.2) is 0 Å². The highest BCUT2D eigenvalue weighted by molar-refractivity contribution is 6.26.